The van der Waals surface area contributed by atoms with Crippen LogP contribution in [-0.4, -0.2) is 16.1 Å². The van der Waals surface area contributed by atoms with E-state index < -0.39 is 0 Å². The van der Waals surface area contributed by atoms with Gasteiger partial charge in [0.2, 0.25) is 0 Å². The number of thioether (sulfide) groups is 1. The first kappa shape index (κ1) is 25.2. The summed E-state index contributed by atoms with van der Waals surface area (Å²) in [6, 6.07) is 0. The van der Waals surface area contributed by atoms with E-state index in [9.17, 15) is 0 Å². The maximum Gasteiger partial charge on any atom is 0.134 e. The number of rotatable bonds is 18. The Morgan fingerprint density at radius 2 is 1.04 bits per heavy atom. The zero-order valence-corrected chi connectivity index (χ0v) is 19.0. The fourth-order valence-electron chi connectivity index (χ4n) is 3.12. The predicted octanol–water partition coefficient (Wildman–Crippen LogP) is 8.26. The second kappa shape index (κ2) is 20.6. The van der Waals surface area contributed by atoms with Gasteiger partial charge in [-0.15, -0.1) is 0 Å². The second-order valence-electron chi connectivity index (χ2n) is 7.68. The van der Waals surface area contributed by atoms with E-state index in [4.69, 9.17) is 12.2 Å². The van der Waals surface area contributed by atoms with Crippen LogP contribution in [-0.2, 0) is 0 Å². The minimum absolute atomic E-state index is 0.589. The molecule has 0 bridgehead atoms. The highest BCUT2D eigenvalue weighted by Crippen LogP contribution is 2.14. The molecule has 0 amide bonds. The molecule has 150 valence electrons. The van der Waals surface area contributed by atoms with Gasteiger partial charge >= 0.3 is 0 Å². The summed E-state index contributed by atoms with van der Waals surface area (Å²) in [6.45, 7) is 7.72. The molecule has 0 aliphatic heterocycles. The molecular formula is C22H45NS2. The van der Waals surface area contributed by atoms with Crippen molar-refractivity contribution in [2.75, 3.05) is 6.54 Å². The topological polar surface area (TPSA) is 12.0 Å². The molecule has 0 rings (SSSR count). The molecular weight excluding hydrogens is 342 g/mol. The fraction of sp³-hybridized carbons (Fsp3) is 0.955. The van der Waals surface area contributed by atoms with Crippen molar-refractivity contribution < 1.29 is 0 Å². The highest BCUT2D eigenvalue weighted by molar-refractivity contribution is 8.23. The Bertz CT molecular complexity index is 279. The van der Waals surface area contributed by atoms with Gasteiger partial charge in [-0.1, -0.05) is 141 Å². The molecule has 0 heterocycles. The Balaban J connectivity index is 3.06. The lowest BCUT2D eigenvalue weighted by atomic mass is 10.0. The first-order chi connectivity index (χ1) is 12.2. The molecule has 1 N–H and O–H groups in total. The van der Waals surface area contributed by atoms with Crippen molar-refractivity contribution in [1.29, 1.82) is 0 Å². The van der Waals surface area contributed by atoms with Crippen LogP contribution in [0.1, 0.15) is 124 Å². The summed E-state index contributed by atoms with van der Waals surface area (Å²) < 4.78 is 0.968. The summed E-state index contributed by atoms with van der Waals surface area (Å²) in [4.78, 5) is 0. The van der Waals surface area contributed by atoms with E-state index >= 15 is 0 Å². The summed E-state index contributed by atoms with van der Waals surface area (Å²) in [5, 5.41) is 3.95. The zero-order valence-electron chi connectivity index (χ0n) is 17.4. The molecule has 1 nitrogen and oxygen atoms in total. The SMILES string of the molecule is CCCCCCCCCCCCCCCCCCNC(=S)SC(C)C. The second-order valence-corrected chi connectivity index (χ2v) is 9.94. The number of hydrogen-bond donors (Lipinski definition) is 1. The number of hydrogen-bond acceptors (Lipinski definition) is 2. The van der Waals surface area contributed by atoms with Crippen LogP contribution in [0, 0.1) is 0 Å². The highest BCUT2D eigenvalue weighted by Gasteiger charge is 2.00. The molecule has 0 aliphatic rings. The van der Waals surface area contributed by atoms with Crippen LogP contribution in [0.5, 0.6) is 0 Å². The molecule has 0 spiro atoms. The maximum atomic E-state index is 5.29. The summed E-state index contributed by atoms with van der Waals surface area (Å²) >= 11 is 7.06. The lowest BCUT2D eigenvalue weighted by Crippen LogP contribution is -2.20. The normalized spacial score (nSPS) is 11.2. The van der Waals surface area contributed by atoms with Crippen LogP contribution in [0.2, 0.25) is 0 Å². The van der Waals surface area contributed by atoms with Crippen LogP contribution in [0.25, 0.3) is 0 Å². The van der Waals surface area contributed by atoms with E-state index in [1.165, 1.54) is 103 Å². The van der Waals surface area contributed by atoms with E-state index in [2.05, 4.69) is 26.1 Å². The molecule has 0 unspecified atom stereocenters. The lowest BCUT2D eigenvalue weighted by molar-refractivity contribution is 0.529. The van der Waals surface area contributed by atoms with Crippen molar-refractivity contribution in [3.05, 3.63) is 0 Å². The first-order valence-electron chi connectivity index (χ1n) is 11.1. The Kier molecular flexibility index (Phi) is 20.7. The molecule has 3 heteroatoms. The molecule has 0 aromatic carbocycles. The largest absolute Gasteiger partial charge is 0.371 e. The molecule has 25 heavy (non-hydrogen) atoms. The number of nitrogens with one attached hydrogen (secondary N) is 1. The van der Waals surface area contributed by atoms with E-state index in [1.807, 2.05) is 0 Å². The molecule has 0 aromatic heterocycles. The van der Waals surface area contributed by atoms with Crippen LogP contribution in [0.4, 0.5) is 0 Å². The van der Waals surface area contributed by atoms with Crippen molar-refractivity contribution in [2.24, 2.45) is 0 Å². The van der Waals surface area contributed by atoms with E-state index in [0.717, 1.165) is 10.9 Å². The van der Waals surface area contributed by atoms with Gasteiger partial charge in [-0.3, -0.25) is 0 Å². The predicted molar refractivity (Wildman–Crippen MR) is 123 cm³/mol. The van der Waals surface area contributed by atoms with Gasteiger partial charge in [-0.2, -0.15) is 0 Å². The summed E-state index contributed by atoms with van der Waals surface area (Å²) in [5.74, 6) is 0. The summed E-state index contributed by atoms with van der Waals surface area (Å²) in [6.07, 6.45) is 22.8. The van der Waals surface area contributed by atoms with Crippen LogP contribution in [0.15, 0.2) is 0 Å². The molecule has 0 aliphatic carbocycles. The van der Waals surface area contributed by atoms with Crippen molar-refractivity contribution in [3.8, 4) is 0 Å². The van der Waals surface area contributed by atoms with Gasteiger partial charge in [0, 0.05) is 11.8 Å². The molecule has 0 saturated carbocycles. The van der Waals surface area contributed by atoms with Crippen LogP contribution < -0.4 is 5.32 Å². The van der Waals surface area contributed by atoms with Gasteiger partial charge in [0.05, 0.1) is 0 Å². The lowest BCUT2D eigenvalue weighted by Gasteiger charge is -2.09. The summed E-state index contributed by atoms with van der Waals surface area (Å²) in [7, 11) is 0. The van der Waals surface area contributed by atoms with E-state index in [1.54, 1.807) is 11.8 Å². The standard InChI is InChI=1S/C22H45NS2/c1-4-5-6-7-8-9-10-11-12-13-14-15-16-17-18-19-20-23-22(24)25-21(2)3/h21H,4-20H2,1-3H3,(H,23,24). The third-order valence-corrected chi connectivity index (χ3v) is 5.91. The zero-order chi connectivity index (χ0) is 18.6. The van der Waals surface area contributed by atoms with Gasteiger partial charge in [0.1, 0.15) is 4.32 Å². The van der Waals surface area contributed by atoms with Crippen LogP contribution in [0.3, 0.4) is 0 Å². The average Bonchev–Trinajstić information content (AvgIpc) is 2.57. The quantitative estimate of drug-likeness (QED) is 0.188. The monoisotopic (exact) mass is 387 g/mol. The van der Waals surface area contributed by atoms with Gasteiger partial charge in [-0.25, -0.2) is 0 Å². The van der Waals surface area contributed by atoms with Crippen molar-refractivity contribution >= 4 is 28.3 Å². The van der Waals surface area contributed by atoms with Crippen molar-refractivity contribution in [2.45, 2.75) is 129 Å². The number of unbranched alkanes of at least 4 members (excludes halogenated alkanes) is 15. The Hall–Kier alpha value is 0.240. The molecule has 0 aromatic rings. The molecule has 0 fully saturated rings. The third-order valence-electron chi connectivity index (χ3n) is 4.64. The van der Waals surface area contributed by atoms with E-state index in [0.29, 0.717) is 5.25 Å². The average molecular weight is 388 g/mol. The minimum Gasteiger partial charge on any atom is -0.371 e. The Morgan fingerprint density at radius 1 is 0.680 bits per heavy atom. The van der Waals surface area contributed by atoms with Gasteiger partial charge in [0.15, 0.2) is 0 Å². The smallest absolute Gasteiger partial charge is 0.134 e. The molecule has 0 saturated heterocycles. The molecule has 0 radical (unpaired) electrons. The van der Waals surface area contributed by atoms with E-state index in [-0.39, 0.29) is 0 Å². The highest BCUT2D eigenvalue weighted by atomic mass is 32.2. The minimum atomic E-state index is 0.589. The van der Waals surface area contributed by atoms with Crippen LogP contribution >= 0.6 is 24.0 Å². The van der Waals surface area contributed by atoms with Gasteiger partial charge in [0.25, 0.3) is 0 Å². The molecule has 0 atom stereocenters. The van der Waals surface area contributed by atoms with Gasteiger partial charge in [-0.05, 0) is 6.42 Å². The van der Waals surface area contributed by atoms with Crippen molar-refractivity contribution in [1.82, 2.24) is 5.32 Å². The number of thiocarbonyl (C=S) groups is 1. The fourth-order valence-corrected chi connectivity index (χ4v) is 4.41. The van der Waals surface area contributed by atoms with Crippen molar-refractivity contribution in [3.63, 3.8) is 0 Å². The Labute approximate surface area is 168 Å². The maximum absolute atomic E-state index is 5.29. The Morgan fingerprint density at radius 3 is 1.40 bits per heavy atom. The third kappa shape index (κ3) is 22.2. The van der Waals surface area contributed by atoms with Gasteiger partial charge < -0.3 is 5.32 Å². The summed E-state index contributed by atoms with van der Waals surface area (Å²) in [5.41, 5.74) is 0. The first-order valence-corrected chi connectivity index (χ1v) is 12.4.